The Bertz CT molecular complexity index is 1190. The fourth-order valence-corrected chi connectivity index (χ4v) is 4.72. The van der Waals surface area contributed by atoms with Crippen molar-refractivity contribution < 1.29 is 18.9 Å². The Morgan fingerprint density at radius 1 is 1.00 bits per heavy atom. The minimum absolute atomic E-state index is 0.144. The number of ether oxygens (including phenoxy) is 4. The van der Waals surface area contributed by atoms with Gasteiger partial charge >= 0.3 is 0 Å². The lowest BCUT2D eigenvalue weighted by Gasteiger charge is -2.30. The zero-order chi connectivity index (χ0) is 22.1. The molecule has 4 N–H and O–H groups in total. The number of hydrogen-bond acceptors (Lipinski definition) is 8. The van der Waals surface area contributed by atoms with Crippen molar-refractivity contribution in [3.63, 3.8) is 0 Å². The Labute approximate surface area is 184 Å². The highest BCUT2D eigenvalue weighted by atomic mass is 32.2. The van der Waals surface area contributed by atoms with Crippen LogP contribution in [-0.4, -0.2) is 26.3 Å². The predicted octanol–water partition coefficient (Wildman–Crippen LogP) is 4.24. The molecule has 0 radical (unpaired) electrons. The van der Waals surface area contributed by atoms with Gasteiger partial charge in [-0.15, -0.1) is 18.2 Å². The zero-order valence-electron chi connectivity index (χ0n) is 17.3. The molecule has 4 rings (SSSR count). The molecule has 3 aromatic rings. The minimum atomic E-state index is -0.312. The van der Waals surface area contributed by atoms with Gasteiger partial charge < -0.3 is 30.4 Å². The van der Waals surface area contributed by atoms with E-state index in [9.17, 15) is 0 Å². The Balaban J connectivity index is 1.94. The van der Waals surface area contributed by atoms with Crippen LogP contribution in [-0.2, 0) is 0 Å². The number of hydrogen-bond donors (Lipinski definition) is 2. The molecular weight excluding hydrogens is 414 g/mol. The molecule has 0 fully saturated rings. The smallest absolute Gasteiger partial charge is 0.228 e. The molecule has 1 aliphatic heterocycles. The van der Waals surface area contributed by atoms with Gasteiger partial charge in [-0.1, -0.05) is 5.92 Å². The first-order valence-corrected chi connectivity index (χ1v) is 10.2. The molecule has 1 atom stereocenters. The first-order valence-electron chi connectivity index (χ1n) is 9.30. The predicted molar refractivity (Wildman–Crippen MR) is 121 cm³/mol. The summed E-state index contributed by atoms with van der Waals surface area (Å²) in [6.07, 6.45) is 5.65. The summed E-state index contributed by atoms with van der Waals surface area (Å²) in [5.41, 5.74) is 14.7. The third-order valence-corrected chi connectivity index (χ3v) is 6.24. The fraction of sp³-hybridized carbons (Fsp3) is 0.174. The highest BCUT2D eigenvalue weighted by Crippen LogP contribution is 2.57. The van der Waals surface area contributed by atoms with Crippen molar-refractivity contribution >= 4 is 23.3 Å². The molecule has 1 unspecified atom stereocenters. The minimum Gasteiger partial charge on any atom is -0.497 e. The molecule has 2 heterocycles. The Morgan fingerprint density at radius 3 is 2.32 bits per heavy atom. The monoisotopic (exact) mass is 435 g/mol. The second-order valence-electron chi connectivity index (χ2n) is 6.67. The summed E-state index contributed by atoms with van der Waals surface area (Å²) in [6.45, 7) is 0. The van der Waals surface area contributed by atoms with Crippen LogP contribution in [0.2, 0.25) is 0 Å². The van der Waals surface area contributed by atoms with Crippen LogP contribution in [0.4, 0.5) is 11.5 Å². The van der Waals surface area contributed by atoms with Gasteiger partial charge in [0.25, 0.3) is 0 Å². The number of terminal acetylenes is 1. The van der Waals surface area contributed by atoms with Gasteiger partial charge in [-0.05, 0) is 24.3 Å². The van der Waals surface area contributed by atoms with E-state index in [1.807, 2.05) is 24.3 Å². The maximum Gasteiger partial charge on any atom is 0.228 e. The Kier molecular flexibility index (Phi) is 5.44. The SMILES string of the molecule is C#Cc1c(N)nc2c(c1N)C(Sc1ccc(OC)cc1)c1c(OC)cc(OC)cc1O2. The van der Waals surface area contributed by atoms with E-state index in [-0.39, 0.29) is 11.1 Å². The molecule has 7 nitrogen and oxygen atoms in total. The number of nitrogen functional groups attached to an aromatic ring is 2. The van der Waals surface area contributed by atoms with E-state index < -0.39 is 0 Å². The average Bonchev–Trinajstić information content (AvgIpc) is 2.78. The summed E-state index contributed by atoms with van der Waals surface area (Å²) in [7, 11) is 4.80. The Hall–Kier alpha value is -3.70. The first kappa shape index (κ1) is 20.6. The summed E-state index contributed by atoms with van der Waals surface area (Å²) in [5.74, 6) is 5.50. The second kappa shape index (κ2) is 8.20. The number of thioether (sulfide) groups is 1. The van der Waals surface area contributed by atoms with Crippen molar-refractivity contribution in [3.05, 3.63) is 53.1 Å². The van der Waals surface area contributed by atoms with Crippen LogP contribution in [0.25, 0.3) is 0 Å². The quantitative estimate of drug-likeness (QED) is 0.574. The third-order valence-electron chi connectivity index (χ3n) is 4.99. The zero-order valence-corrected chi connectivity index (χ0v) is 18.1. The van der Waals surface area contributed by atoms with Gasteiger partial charge in [-0.2, -0.15) is 4.98 Å². The number of methoxy groups -OCH3 is 3. The lowest BCUT2D eigenvalue weighted by Crippen LogP contribution is -2.15. The maximum absolute atomic E-state index is 6.47. The topological polar surface area (TPSA) is 102 Å². The first-order chi connectivity index (χ1) is 15.0. The summed E-state index contributed by atoms with van der Waals surface area (Å²) in [5, 5.41) is -0.312. The fourth-order valence-electron chi connectivity index (χ4n) is 3.46. The number of fused-ring (bicyclic) bond motifs is 2. The standard InChI is InChI=1S/C23H21N3O4S/c1-5-15-20(24)19-21(31-14-8-6-12(27-2)7-9-14)18-16(29-4)10-13(28-3)11-17(18)30-23(19)26-22(15)25/h1,6-11,21H,2-4H3,(H4,24,25,26). The van der Waals surface area contributed by atoms with Gasteiger partial charge in [0.15, 0.2) is 0 Å². The van der Waals surface area contributed by atoms with Crippen LogP contribution in [0.15, 0.2) is 41.3 Å². The number of pyridine rings is 1. The van der Waals surface area contributed by atoms with Crippen LogP contribution in [0.5, 0.6) is 28.9 Å². The van der Waals surface area contributed by atoms with E-state index >= 15 is 0 Å². The Morgan fingerprint density at radius 2 is 1.71 bits per heavy atom. The van der Waals surface area contributed by atoms with Crippen LogP contribution in [0, 0.1) is 12.3 Å². The number of rotatable bonds is 5. The van der Waals surface area contributed by atoms with Crippen molar-refractivity contribution in [1.29, 1.82) is 0 Å². The molecular formula is C23H21N3O4S. The third kappa shape index (κ3) is 3.53. The number of aromatic nitrogens is 1. The van der Waals surface area contributed by atoms with Crippen LogP contribution < -0.4 is 30.4 Å². The van der Waals surface area contributed by atoms with Gasteiger partial charge in [0.2, 0.25) is 5.88 Å². The van der Waals surface area contributed by atoms with Crippen LogP contribution in [0.3, 0.4) is 0 Å². The van der Waals surface area contributed by atoms with Crippen LogP contribution >= 0.6 is 11.8 Å². The highest BCUT2D eigenvalue weighted by molar-refractivity contribution is 7.99. The van der Waals surface area contributed by atoms with Gasteiger partial charge in [-0.25, -0.2) is 0 Å². The second-order valence-corrected chi connectivity index (χ2v) is 7.84. The average molecular weight is 436 g/mol. The summed E-state index contributed by atoms with van der Waals surface area (Å²) in [4.78, 5) is 5.38. The van der Waals surface area contributed by atoms with Gasteiger partial charge in [0, 0.05) is 17.0 Å². The van der Waals surface area contributed by atoms with E-state index in [4.69, 9.17) is 36.8 Å². The molecule has 0 aliphatic carbocycles. The lowest BCUT2D eigenvalue weighted by molar-refractivity contribution is 0.375. The molecule has 8 heteroatoms. The highest BCUT2D eigenvalue weighted by Gasteiger charge is 2.36. The summed E-state index contributed by atoms with van der Waals surface area (Å²) in [6, 6.07) is 11.3. The van der Waals surface area contributed by atoms with Gasteiger partial charge in [0.1, 0.15) is 28.8 Å². The number of benzene rings is 2. The summed E-state index contributed by atoms with van der Waals surface area (Å²) < 4.78 is 22.4. The number of nitrogens with zero attached hydrogens (tertiary/aromatic N) is 1. The molecule has 0 saturated heterocycles. The molecule has 0 bridgehead atoms. The van der Waals surface area contributed by atoms with Gasteiger partial charge in [-0.3, -0.25) is 0 Å². The molecule has 0 saturated carbocycles. The summed E-state index contributed by atoms with van der Waals surface area (Å²) >= 11 is 1.57. The van der Waals surface area contributed by atoms with E-state index in [0.717, 1.165) is 16.2 Å². The molecule has 31 heavy (non-hydrogen) atoms. The normalized spacial score (nSPS) is 13.9. The molecule has 2 aromatic carbocycles. The maximum atomic E-state index is 6.47. The van der Waals surface area contributed by atoms with Crippen molar-refractivity contribution in [1.82, 2.24) is 4.98 Å². The lowest BCUT2D eigenvalue weighted by atomic mass is 9.97. The van der Waals surface area contributed by atoms with Gasteiger partial charge in [0.05, 0.1) is 49.0 Å². The molecule has 1 aliphatic rings. The van der Waals surface area contributed by atoms with Crippen molar-refractivity contribution in [2.75, 3.05) is 32.8 Å². The number of nitrogens with two attached hydrogens (primary N) is 2. The molecule has 1 aromatic heterocycles. The number of anilines is 2. The van der Waals surface area contributed by atoms with Crippen LogP contribution in [0.1, 0.15) is 21.9 Å². The van der Waals surface area contributed by atoms with Crippen molar-refractivity contribution in [2.45, 2.75) is 10.1 Å². The van der Waals surface area contributed by atoms with Crippen molar-refractivity contribution in [3.8, 4) is 41.2 Å². The van der Waals surface area contributed by atoms with E-state index in [0.29, 0.717) is 39.9 Å². The largest absolute Gasteiger partial charge is 0.497 e. The molecule has 0 spiro atoms. The van der Waals surface area contributed by atoms with E-state index in [1.54, 1.807) is 45.2 Å². The molecule has 0 amide bonds. The molecule has 158 valence electrons. The van der Waals surface area contributed by atoms with Crippen molar-refractivity contribution in [2.24, 2.45) is 0 Å². The van der Waals surface area contributed by atoms with E-state index in [2.05, 4.69) is 10.9 Å². The van der Waals surface area contributed by atoms with E-state index in [1.165, 1.54) is 0 Å².